The number of rotatable bonds is 8. The first kappa shape index (κ1) is 16.2. The van der Waals surface area contributed by atoms with E-state index in [4.69, 9.17) is 0 Å². The van der Waals surface area contributed by atoms with Crippen LogP contribution in [0.3, 0.4) is 0 Å². The van der Waals surface area contributed by atoms with Crippen LogP contribution in [-0.4, -0.2) is 42.1 Å². The van der Waals surface area contributed by atoms with Crippen LogP contribution in [-0.2, 0) is 22.8 Å². The van der Waals surface area contributed by atoms with Crippen molar-refractivity contribution < 1.29 is 8.42 Å². The highest BCUT2D eigenvalue weighted by atomic mass is 32.2. The first-order valence-electron chi connectivity index (χ1n) is 6.82. The van der Waals surface area contributed by atoms with Gasteiger partial charge >= 0.3 is 0 Å². The van der Waals surface area contributed by atoms with Crippen LogP contribution < -0.4 is 5.32 Å². The third-order valence-corrected chi connectivity index (χ3v) is 5.12. The minimum atomic E-state index is -3.05. The molecule has 0 radical (unpaired) electrons. The van der Waals surface area contributed by atoms with E-state index in [1.807, 2.05) is 6.20 Å². The summed E-state index contributed by atoms with van der Waals surface area (Å²) in [7, 11) is -3.05. The van der Waals surface area contributed by atoms with Crippen molar-refractivity contribution in [1.82, 2.24) is 14.9 Å². The number of sulfone groups is 1. The van der Waals surface area contributed by atoms with Gasteiger partial charge in [0.2, 0.25) is 0 Å². The average Bonchev–Trinajstić information content (AvgIpc) is 2.79. The van der Waals surface area contributed by atoms with E-state index in [9.17, 15) is 8.42 Å². The summed E-state index contributed by atoms with van der Waals surface area (Å²) in [5, 5.41) is 2.92. The second-order valence-electron chi connectivity index (χ2n) is 4.93. The minimum absolute atomic E-state index is 0.0948. The van der Waals surface area contributed by atoms with Gasteiger partial charge in [0.05, 0.1) is 5.25 Å². The standard InChI is InChI=1S/C13H25N3O2S/c1-5-7-14-12(11(3)19(4,17)18)10-13-15-8-9-16(13)6-2/h8-9,11-12,14H,5-7,10H2,1-4H3. The van der Waals surface area contributed by atoms with E-state index >= 15 is 0 Å². The van der Waals surface area contributed by atoms with Crippen molar-refractivity contribution in [2.24, 2.45) is 0 Å². The lowest BCUT2D eigenvalue weighted by Gasteiger charge is -2.24. The van der Waals surface area contributed by atoms with E-state index in [-0.39, 0.29) is 6.04 Å². The largest absolute Gasteiger partial charge is 0.335 e. The second kappa shape index (κ2) is 7.05. The number of imidazole rings is 1. The maximum Gasteiger partial charge on any atom is 0.151 e. The summed E-state index contributed by atoms with van der Waals surface area (Å²) in [4.78, 5) is 4.33. The van der Waals surface area contributed by atoms with Crippen molar-refractivity contribution in [3.63, 3.8) is 0 Å². The molecule has 1 aromatic rings. The quantitative estimate of drug-likeness (QED) is 0.781. The molecule has 0 aromatic carbocycles. The molecule has 0 saturated carbocycles. The van der Waals surface area contributed by atoms with E-state index in [1.165, 1.54) is 6.26 Å². The van der Waals surface area contributed by atoms with Gasteiger partial charge in [0.15, 0.2) is 9.84 Å². The van der Waals surface area contributed by atoms with Gasteiger partial charge in [-0.05, 0) is 26.8 Å². The zero-order valence-electron chi connectivity index (χ0n) is 12.3. The second-order valence-corrected chi connectivity index (χ2v) is 7.33. The summed E-state index contributed by atoms with van der Waals surface area (Å²) < 4.78 is 25.6. The molecule has 0 spiro atoms. The molecule has 5 nitrogen and oxygen atoms in total. The van der Waals surface area contributed by atoms with Crippen LogP contribution in [0.2, 0.25) is 0 Å². The molecule has 0 aliphatic heterocycles. The zero-order valence-corrected chi connectivity index (χ0v) is 13.1. The Bertz CT molecular complexity index is 482. The lowest BCUT2D eigenvalue weighted by Crippen LogP contribution is -2.44. The molecule has 2 unspecified atom stereocenters. The van der Waals surface area contributed by atoms with Gasteiger partial charge in [-0.15, -0.1) is 0 Å². The van der Waals surface area contributed by atoms with Crippen molar-refractivity contribution in [1.29, 1.82) is 0 Å². The monoisotopic (exact) mass is 287 g/mol. The van der Waals surface area contributed by atoms with Gasteiger partial charge in [-0.3, -0.25) is 0 Å². The van der Waals surface area contributed by atoms with E-state index in [2.05, 4.69) is 28.7 Å². The van der Waals surface area contributed by atoms with E-state index in [0.717, 1.165) is 25.3 Å². The molecule has 1 N–H and O–H groups in total. The molecule has 0 aliphatic rings. The number of hydrogen-bond donors (Lipinski definition) is 1. The number of nitrogens with one attached hydrogen (secondary N) is 1. The number of aromatic nitrogens is 2. The van der Waals surface area contributed by atoms with Crippen molar-refractivity contribution in [3.05, 3.63) is 18.2 Å². The summed E-state index contributed by atoms with van der Waals surface area (Å²) in [6, 6.07) is -0.0948. The molecular weight excluding hydrogens is 262 g/mol. The summed E-state index contributed by atoms with van der Waals surface area (Å²) in [5.41, 5.74) is 0. The summed E-state index contributed by atoms with van der Waals surface area (Å²) >= 11 is 0. The van der Waals surface area contributed by atoms with E-state index in [0.29, 0.717) is 6.42 Å². The lowest BCUT2D eigenvalue weighted by molar-refractivity contribution is 0.467. The molecule has 19 heavy (non-hydrogen) atoms. The van der Waals surface area contributed by atoms with E-state index in [1.54, 1.807) is 13.1 Å². The molecule has 6 heteroatoms. The Kier molecular flexibility index (Phi) is 6.00. The fourth-order valence-electron chi connectivity index (χ4n) is 2.05. The van der Waals surface area contributed by atoms with Crippen LogP contribution in [0.1, 0.15) is 33.0 Å². The van der Waals surface area contributed by atoms with Gasteiger partial charge in [-0.25, -0.2) is 13.4 Å². The predicted molar refractivity (Wildman–Crippen MR) is 78.0 cm³/mol. The third-order valence-electron chi connectivity index (χ3n) is 3.44. The molecule has 1 rings (SSSR count). The Morgan fingerprint density at radius 3 is 2.63 bits per heavy atom. The van der Waals surface area contributed by atoms with E-state index < -0.39 is 15.1 Å². The topological polar surface area (TPSA) is 64.0 Å². The first-order chi connectivity index (χ1) is 8.90. The predicted octanol–water partition coefficient (Wildman–Crippen LogP) is 1.25. The third kappa shape index (κ3) is 4.62. The van der Waals surface area contributed by atoms with Gasteiger partial charge in [-0.2, -0.15) is 0 Å². The number of aryl methyl sites for hydroxylation is 1. The minimum Gasteiger partial charge on any atom is -0.335 e. The highest BCUT2D eigenvalue weighted by Gasteiger charge is 2.26. The number of nitrogens with zero attached hydrogens (tertiary/aromatic N) is 2. The van der Waals surface area contributed by atoms with Gasteiger partial charge in [0.25, 0.3) is 0 Å². The molecule has 0 fully saturated rings. The Balaban J connectivity index is 2.86. The Morgan fingerprint density at radius 2 is 2.11 bits per heavy atom. The van der Waals surface area contributed by atoms with Gasteiger partial charge in [0.1, 0.15) is 5.82 Å². The lowest BCUT2D eigenvalue weighted by atomic mass is 10.1. The van der Waals surface area contributed by atoms with Gasteiger partial charge < -0.3 is 9.88 Å². The average molecular weight is 287 g/mol. The van der Waals surface area contributed by atoms with Crippen LogP contribution >= 0.6 is 0 Å². The van der Waals surface area contributed by atoms with Crippen molar-refractivity contribution in [2.45, 2.75) is 51.4 Å². The molecule has 2 atom stereocenters. The smallest absolute Gasteiger partial charge is 0.151 e. The molecule has 1 aromatic heterocycles. The molecule has 1 heterocycles. The molecule has 0 amide bonds. The van der Waals surface area contributed by atoms with Crippen LogP contribution in [0.25, 0.3) is 0 Å². The van der Waals surface area contributed by atoms with Gasteiger partial charge in [-0.1, -0.05) is 6.92 Å². The van der Waals surface area contributed by atoms with Crippen LogP contribution in [0.15, 0.2) is 12.4 Å². The van der Waals surface area contributed by atoms with Crippen LogP contribution in [0, 0.1) is 0 Å². The normalized spacial score (nSPS) is 15.4. The highest BCUT2D eigenvalue weighted by molar-refractivity contribution is 7.91. The van der Waals surface area contributed by atoms with Crippen LogP contribution in [0.5, 0.6) is 0 Å². The summed E-state index contributed by atoms with van der Waals surface area (Å²) in [5.74, 6) is 0.937. The maximum atomic E-state index is 11.8. The van der Waals surface area contributed by atoms with Crippen molar-refractivity contribution in [3.8, 4) is 0 Å². The first-order valence-corrected chi connectivity index (χ1v) is 8.77. The molecule has 110 valence electrons. The summed E-state index contributed by atoms with van der Waals surface area (Å²) in [6.07, 6.45) is 6.60. The molecule has 0 aliphatic carbocycles. The Morgan fingerprint density at radius 1 is 1.42 bits per heavy atom. The molecule has 0 bridgehead atoms. The highest BCUT2D eigenvalue weighted by Crippen LogP contribution is 2.11. The maximum absolute atomic E-state index is 11.8. The molecular formula is C13H25N3O2S. The Hall–Kier alpha value is -0.880. The SMILES string of the molecule is CCCNC(Cc1nccn1CC)C(C)S(C)(=O)=O. The van der Waals surface area contributed by atoms with Crippen LogP contribution in [0.4, 0.5) is 0 Å². The fourth-order valence-corrected chi connectivity index (χ4v) is 2.84. The van der Waals surface area contributed by atoms with Crippen molar-refractivity contribution in [2.75, 3.05) is 12.8 Å². The zero-order chi connectivity index (χ0) is 14.5. The molecule has 0 saturated heterocycles. The number of hydrogen-bond acceptors (Lipinski definition) is 4. The Labute approximate surface area is 116 Å². The summed E-state index contributed by atoms with van der Waals surface area (Å²) in [6.45, 7) is 7.56. The van der Waals surface area contributed by atoms with Gasteiger partial charge in [0, 0.05) is 37.7 Å². The van der Waals surface area contributed by atoms with Crippen molar-refractivity contribution >= 4 is 9.84 Å². The fraction of sp³-hybridized carbons (Fsp3) is 0.769.